The molecule has 4 heterocycles. The minimum Gasteiger partial charge on any atom is -0.480 e. The summed E-state index contributed by atoms with van der Waals surface area (Å²) in [5.74, 6) is -3.71. The third-order valence-electron chi connectivity index (χ3n) is 10.5. The second-order valence-corrected chi connectivity index (χ2v) is 16.0. The Morgan fingerprint density at radius 2 is 1.72 bits per heavy atom. The van der Waals surface area contributed by atoms with Gasteiger partial charge in [0, 0.05) is 45.2 Å². The van der Waals surface area contributed by atoms with Crippen molar-refractivity contribution < 1.29 is 38.7 Å². The van der Waals surface area contributed by atoms with Gasteiger partial charge in [0.2, 0.25) is 17.7 Å². The molecule has 1 saturated heterocycles. The third-order valence-corrected chi connectivity index (χ3v) is 11.7. The van der Waals surface area contributed by atoms with Crippen LogP contribution >= 0.6 is 11.3 Å². The molecule has 2 atom stereocenters. The number of fused-ring (bicyclic) bond motifs is 2. The number of benzene rings is 2. The zero-order valence-corrected chi connectivity index (χ0v) is 34.2. The molecule has 0 radical (unpaired) electrons. The zero-order chi connectivity index (χ0) is 42.9. The number of carbonyl (C=O) groups excluding carboxylic acids is 6. The third kappa shape index (κ3) is 10.4. The molecule has 18 heteroatoms. The second kappa shape index (κ2) is 19.5. The number of nitrogens with zero attached hydrogens (tertiary/aromatic N) is 3. The van der Waals surface area contributed by atoms with E-state index in [1.807, 2.05) is 18.0 Å². The standard InChI is InChI=1S/C42H48N8O9S/c1-24-45-28-13-12-25(22-27(28)37(53)46-24)23-49(2)35-19-16-32(60-35)39(55)47-30(42(58)59)14-17-33(51)44-21-8-6-4-3-5-7-20-43-29-11-9-10-26-36(29)41(57)50(40(26)56)31-15-18-34(52)48-38(31)54/h9-13,16,19,22,30-31,43H,3-8,14-15,17-18,20-21,23H2,1-2H3,(H,44,51)(H,47,55)(H,58,59)(H,45,46,53)(H,48,52,54)/t30-,31?/m0/s1. The number of carbonyl (C=O) groups is 7. The Morgan fingerprint density at radius 3 is 2.47 bits per heavy atom. The smallest absolute Gasteiger partial charge is 0.326 e. The number of piperidine rings is 1. The van der Waals surface area contributed by atoms with E-state index in [0.717, 1.165) is 54.0 Å². The first-order valence-corrected chi connectivity index (χ1v) is 20.8. The highest BCUT2D eigenvalue weighted by Crippen LogP contribution is 2.32. The molecule has 1 fully saturated rings. The molecule has 0 bridgehead atoms. The lowest BCUT2D eigenvalue weighted by atomic mass is 10.0. The summed E-state index contributed by atoms with van der Waals surface area (Å²) in [4.78, 5) is 110. The van der Waals surface area contributed by atoms with E-state index in [1.54, 1.807) is 49.4 Å². The van der Waals surface area contributed by atoms with Gasteiger partial charge in [-0.05, 0) is 74.6 Å². The number of unbranched alkanes of at least 4 members (excludes halogenated alkanes) is 5. The lowest BCUT2D eigenvalue weighted by molar-refractivity contribution is -0.140. The van der Waals surface area contributed by atoms with Crippen molar-refractivity contribution in [2.75, 3.05) is 30.4 Å². The summed E-state index contributed by atoms with van der Waals surface area (Å²) in [5, 5.41) is 21.8. The Hall–Kier alpha value is -6.43. The molecule has 2 aromatic heterocycles. The van der Waals surface area contributed by atoms with E-state index in [4.69, 9.17) is 0 Å². The highest BCUT2D eigenvalue weighted by molar-refractivity contribution is 7.18. The number of nitrogens with one attached hydrogen (secondary N) is 5. The summed E-state index contributed by atoms with van der Waals surface area (Å²) in [7, 11) is 1.85. The van der Waals surface area contributed by atoms with E-state index >= 15 is 0 Å². The molecule has 2 aromatic carbocycles. The molecule has 316 valence electrons. The van der Waals surface area contributed by atoms with E-state index in [1.165, 1.54) is 11.3 Å². The molecule has 6 N–H and O–H groups in total. The lowest BCUT2D eigenvalue weighted by Gasteiger charge is -2.27. The fourth-order valence-corrected chi connectivity index (χ4v) is 8.20. The van der Waals surface area contributed by atoms with Crippen molar-refractivity contribution in [2.45, 2.75) is 89.8 Å². The van der Waals surface area contributed by atoms with Gasteiger partial charge in [-0.15, -0.1) is 11.3 Å². The van der Waals surface area contributed by atoms with Gasteiger partial charge < -0.3 is 30.9 Å². The predicted molar refractivity (Wildman–Crippen MR) is 224 cm³/mol. The summed E-state index contributed by atoms with van der Waals surface area (Å²) >= 11 is 1.20. The van der Waals surface area contributed by atoms with Crippen molar-refractivity contribution >= 4 is 74.3 Å². The largest absolute Gasteiger partial charge is 0.480 e. The molecule has 6 amide bonds. The van der Waals surface area contributed by atoms with Gasteiger partial charge in [0.1, 0.15) is 17.9 Å². The first-order valence-electron chi connectivity index (χ1n) is 20.0. The predicted octanol–water partition coefficient (Wildman–Crippen LogP) is 3.86. The minimum absolute atomic E-state index is 0.0558. The number of anilines is 2. The summed E-state index contributed by atoms with van der Waals surface area (Å²) in [6.45, 7) is 3.21. The number of H-pyrrole nitrogens is 1. The molecule has 4 aromatic rings. The lowest BCUT2D eigenvalue weighted by Crippen LogP contribution is -2.54. The fraction of sp³-hybridized carbons (Fsp3) is 0.405. The van der Waals surface area contributed by atoms with Gasteiger partial charge in [-0.1, -0.05) is 37.8 Å². The van der Waals surface area contributed by atoms with Gasteiger partial charge >= 0.3 is 5.97 Å². The Balaban J connectivity index is 0.842. The van der Waals surface area contributed by atoms with Crippen LogP contribution in [-0.4, -0.2) is 93.6 Å². The molecule has 6 rings (SSSR count). The topological polar surface area (TPSA) is 240 Å². The van der Waals surface area contributed by atoms with E-state index in [9.17, 15) is 43.5 Å². The first-order chi connectivity index (χ1) is 28.8. The molecule has 0 aliphatic carbocycles. The maximum atomic E-state index is 13.3. The van der Waals surface area contributed by atoms with Crippen LogP contribution in [0.3, 0.4) is 0 Å². The van der Waals surface area contributed by atoms with Gasteiger partial charge in [-0.25, -0.2) is 9.78 Å². The number of thiophene rings is 1. The van der Waals surface area contributed by atoms with Crippen LogP contribution in [0.2, 0.25) is 0 Å². The maximum Gasteiger partial charge on any atom is 0.326 e. The molecule has 17 nitrogen and oxygen atoms in total. The number of hydrogen-bond acceptors (Lipinski definition) is 12. The molecule has 0 saturated carbocycles. The number of aromatic amines is 1. The highest BCUT2D eigenvalue weighted by atomic mass is 32.1. The summed E-state index contributed by atoms with van der Waals surface area (Å²) in [6.07, 6.45) is 5.30. The molecular weight excluding hydrogens is 793 g/mol. The van der Waals surface area contributed by atoms with Crippen LogP contribution in [0.5, 0.6) is 0 Å². The molecule has 2 aliphatic rings. The van der Waals surface area contributed by atoms with Crippen molar-refractivity contribution in [3.63, 3.8) is 0 Å². The number of imide groups is 2. The maximum absolute atomic E-state index is 13.3. The van der Waals surface area contributed by atoms with Crippen LogP contribution in [0.25, 0.3) is 10.9 Å². The van der Waals surface area contributed by atoms with Crippen LogP contribution < -0.4 is 31.7 Å². The number of carboxylic acid groups (broad SMARTS) is 1. The van der Waals surface area contributed by atoms with Crippen molar-refractivity contribution in [1.82, 2.24) is 30.8 Å². The average molecular weight is 841 g/mol. The number of aliphatic carboxylic acids is 1. The fourth-order valence-electron chi connectivity index (χ4n) is 7.33. The quantitative estimate of drug-likeness (QED) is 0.0550. The summed E-state index contributed by atoms with van der Waals surface area (Å²) < 4.78 is 0. The monoisotopic (exact) mass is 840 g/mol. The molecule has 0 spiro atoms. The molecule has 1 unspecified atom stereocenters. The molecular formula is C42H48N8O9S. The number of aromatic nitrogens is 2. The van der Waals surface area contributed by atoms with Crippen molar-refractivity contribution in [3.8, 4) is 0 Å². The van der Waals surface area contributed by atoms with Crippen molar-refractivity contribution in [3.05, 3.63) is 86.3 Å². The number of amides is 6. The van der Waals surface area contributed by atoms with Gasteiger partial charge in [0.15, 0.2) is 0 Å². The number of aryl methyl sites for hydroxylation is 1. The summed E-state index contributed by atoms with van der Waals surface area (Å²) in [6, 6.07) is 11.6. The Morgan fingerprint density at radius 1 is 0.967 bits per heavy atom. The average Bonchev–Trinajstić information content (AvgIpc) is 3.81. The van der Waals surface area contributed by atoms with Crippen LogP contribution in [0.1, 0.15) is 106 Å². The van der Waals surface area contributed by atoms with E-state index < -0.39 is 47.6 Å². The minimum atomic E-state index is -1.24. The van der Waals surface area contributed by atoms with E-state index in [2.05, 4.69) is 31.2 Å². The SMILES string of the molecule is Cc1nc2ccc(CN(C)c3ccc(C(=O)N[C@@H](CCC(=O)NCCCCCCCCNc4cccc5c4C(=O)N(C4CCC(=O)NC4=O)C5=O)C(=O)O)s3)cc2c(=O)[nH]1. The van der Waals surface area contributed by atoms with Gasteiger partial charge in [-0.3, -0.25) is 43.8 Å². The first kappa shape index (κ1) is 43.2. The van der Waals surface area contributed by atoms with Crippen LogP contribution in [0.15, 0.2) is 53.3 Å². The van der Waals surface area contributed by atoms with Crippen LogP contribution in [0, 0.1) is 6.92 Å². The second-order valence-electron chi connectivity index (χ2n) is 15.0. The normalized spacial score (nSPS) is 15.4. The van der Waals surface area contributed by atoms with Gasteiger partial charge in [0.05, 0.1) is 31.9 Å². The summed E-state index contributed by atoms with van der Waals surface area (Å²) in [5.41, 5.74) is 2.26. The molecule has 60 heavy (non-hydrogen) atoms. The van der Waals surface area contributed by atoms with Crippen molar-refractivity contribution in [2.24, 2.45) is 0 Å². The molecule has 2 aliphatic heterocycles. The Labute approximate surface area is 349 Å². The Bertz CT molecular complexity index is 2380. The van der Waals surface area contributed by atoms with Crippen LogP contribution in [-0.2, 0) is 25.7 Å². The van der Waals surface area contributed by atoms with E-state index in [0.29, 0.717) is 46.9 Å². The number of hydrogen-bond donors (Lipinski definition) is 6. The van der Waals surface area contributed by atoms with Crippen molar-refractivity contribution in [1.29, 1.82) is 0 Å². The highest BCUT2D eigenvalue weighted by Gasteiger charge is 2.45. The van der Waals surface area contributed by atoms with E-state index in [-0.39, 0.29) is 48.3 Å². The van der Waals surface area contributed by atoms with Gasteiger partial charge in [-0.2, -0.15) is 0 Å². The number of rotatable bonds is 20. The van der Waals surface area contributed by atoms with Crippen LogP contribution in [0.4, 0.5) is 10.7 Å². The zero-order valence-electron chi connectivity index (χ0n) is 33.4. The number of carboxylic acids is 1. The Kier molecular flexibility index (Phi) is 14.1. The van der Waals surface area contributed by atoms with Gasteiger partial charge in [0.25, 0.3) is 23.3 Å².